The number of carboxylic acid groups (broad SMARTS) is 1. The number of aromatic nitrogens is 1. The summed E-state index contributed by atoms with van der Waals surface area (Å²) < 4.78 is 20.5. The molecule has 7 heteroatoms. The third kappa shape index (κ3) is 3.48. The van der Waals surface area contributed by atoms with Crippen LogP contribution >= 0.6 is 11.3 Å². The highest BCUT2D eigenvalue weighted by molar-refractivity contribution is 7.12. The van der Waals surface area contributed by atoms with Gasteiger partial charge in [-0.05, 0) is 30.0 Å². The number of nitrogens with zero attached hydrogens (tertiary/aromatic N) is 1. The van der Waals surface area contributed by atoms with Crippen LogP contribution in [-0.4, -0.2) is 28.7 Å². The van der Waals surface area contributed by atoms with E-state index in [1.54, 1.807) is 24.4 Å². The van der Waals surface area contributed by atoms with Crippen LogP contribution in [0.25, 0.3) is 10.9 Å². The number of carbonyl (C=O) groups is 2. The van der Waals surface area contributed by atoms with Crippen LogP contribution in [0.4, 0.5) is 4.39 Å². The number of methoxy groups -OCH3 is 1. The van der Waals surface area contributed by atoms with E-state index in [0.717, 1.165) is 0 Å². The molecule has 0 atom stereocenters. The van der Waals surface area contributed by atoms with Gasteiger partial charge in [-0.1, -0.05) is 19.9 Å². The maximum absolute atomic E-state index is 14.1. The molecular formula is C19H20FNO4S. The van der Waals surface area contributed by atoms with Crippen molar-refractivity contribution in [2.24, 2.45) is 0 Å². The monoisotopic (exact) mass is 377 g/mol. The summed E-state index contributed by atoms with van der Waals surface area (Å²) >= 11 is 1.27. The predicted octanol–water partition coefficient (Wildman–Crippen LogP) is 4.50. The number of aliphatic carboxylic acids is 1. The van der Waals surface area contributed by atoms with E-state index in [0.29, 0.717) is 27.0 Å². The number of carbonyl (C=O) groups excluding carboxylic acids is 1. The number of carboxylic acids is 1. The second-order valence-electron chi connectivity index (χ2n) is 5.26. The molecule has 0 unspecified atom stereocenters. The Hall–Kier alpha value is -2.67. The van der Waals surface area contributed by atoms with Crippen LogP contribution in [0.15, 0.2) is 29.6 Å². The van der Waals surface area contributed by atoms with Crippen LogP contribution in [0, 0.1) is 12.7 Å². The number of hydrogen-bond donors (Lipinski definition) is 1. The first-order valence-electron chi connectivity index (χ1n) is 8.11. The van der Waals surface area contributed by atoms with Gasteiger partial charge in [0.15, 0.2) is 11.6 Å². The number of hydrogen-bond acceptors (Lipinski definition) is 4. The largest absolute Gasteiger partial charge is 0.494 e. The first-order valence-corrected chi connectivity index (χ1v) is 8.99. The van der Waals surface area contributed by atoms with Crippen molar-refractivity contribution in [1.82, 2.24) is 4.57 Å². The molecule has 0 amide bonds. The lowest BCUT2D eigenvalue weighted by atomic mass is 10.1. The summed E-state index contributed by atoms with van der Waals surface area (Å²) in [5, 5.41) is 11.4. The molecule has 0 fully saturated rings. The fraction of sp³-hybridized carbons (Fsp3) is 0.263. The minimum absolute atomic E-state index is 0.00913. The van der Waals surface area contributed by atoms with Crippen molar-refractivity contribution < 1.29 is 23.8 Å². The van der Waals surface area contributed by atoms with Gasteiger partial charge in [0, 0.05) is 17.1 Å². The Labute approximate surface area is 154 Å². The van der Waals surface area contributed by atoms with E-state index in [4.69, 9.17) is 9.84 Å². The number of benzene rings is 1. The minimum Gasteiger partial charge on any atom is -0.494 e. The van der Waals surface area contributed by atoms with Crippen molar-refractivity contribution in [3.63, 3.8) is 0 Å². The van der Waals surface area contributed by atoms with Crippen molar-refractivity contribution >= 4 is 34.1 Å². The lowest BCUT2D eigenvalue weighted by Crippen LogP contribution is -2.13. The van der Waals surface area contributed by atoms with Crippen LogP contribution in [-0.2, 0) is 11.2 Å². The molecule has 3 aromatic rings. The first kappa shape index (κ1) is 19.7. The van der Waals surface area contributed by atoms with E-state index in [2.05, 4.69) is 0 Å². The molecular weight excluding hydrogens is 357 g/mol. The Morgan fingerprint density at radius 3 is 2.54 bits per heavy atom. The molecule has 0 aliphatic heterocycles. The smallest absolute Gasteiger partial charge is 0.307 e. The SMILES string of the molecule is CC.COc1cc2c(CC(=O)O)c(C)n(C(=O)c3cccs3)c2cc1F. The summed E-state index contributed by atoms with van der Waals surface area (Å²) in [4.78, 5) is 24.5. The van der Waals surface area contributed by atoms with Crippen molar-refractivity contribution in [3.05, 3.63) is 51.6 Å². The topological polar surface area (TPSA) is 68.5 Å². The average molecular weight is 377 g/mol. The molecule has 2 heterocycles. The summed E-state index contributed by atoms with van der Waals surface area (Å²) in [6.07, 6.45) is -0.262. The Bertz CT molecular complexity index is 945. The predicted molar refractivity (Wildman–Crippen MR) is 99.9 cm³/mol. The average Bonchev–Trinajstić information content (AvgIpc) is 3.23. The van der Waals surface area contributed by atoms with Crippen LogP contribution in [0.1, 0.15) is 34.8 Å². The molecule has 0 aliphatic rings. The van der Waals surface area contributed by atoms with Crippen molar-refractivity contribution in [1.29, 1.82) is 0 Å². The molecule has 0 radical (unpaired) electrons. The maximum Gasteiger partial charge on any atom is 0.307 e. The zero-order chi connectivity index (χ0) is 19.4. The van der Waals surface area contributed by atoms with Gasteiger partial charge in [0.1, 0.15) is 0 Å². The quantitative estimate of drug-likeness (QED) is 0.727. The molecule has 1 aromatic carbocycles. The zero-order valence-electron chi connectivity index (χ0n) is 15.0. The summed E-state index contributed by atoms with van der Waals surface area (Å²) in [7, 11) is 1.34. The highest BCUT2D eigenvalue weighted by Crippen LogP contribution is 2.32. The fourth-order valence-corrected chi connectivity index (χ4v) is 3.44. The standard InChI is InChI=1S/C17H14FNO4S.C2H6/c1-9-10(7-16(20)21)11-6-14(23-2)12(18)8-13(11)19(9)17(22)15-4-3-5-24-15;1-2/h3-6,8H,7H2,1-2H3,(H,20,21);1-2H3. The molecule has 1 N–H and O–H groups in total. The molecule has 138 valence electrons. The van der Waals surface area contributed by atoms with E-state index >= 15 is 0 Å². The number of thiophene rings is 1. The van der Waals surface area contributed by atoms with E-state index in [1.807, 2.05) is 13.8 Å². The fourth-order valence-electron chi connectivity index (χ4n) is 2.78. The van der Waals surface area contributed by atoms with Crippen molar-refractivity contribution in [3.8, 4) is 5.75 Å². The second kappa shape index (κ2) is 8.14. The molecule has 0 saturated heterocycles. The summed E-state index contributed by atoms with van der Waals surface area (Å²) in [6.45, 7) is 5.66. The normalized spacial score (nSPS) is 10.3. The van der Waals surface area contributed by atoms with Crippen LogP contribution < -0.4 is 4.74 Å². The first-order chi connectivity index (χ1) is 12.4. The van der Waals surface area contributed by atoms with Gasteiger partial charge in [0.25, 0.3) is 5.91 Å². The Kier molecular flexibility index (Phi) is 6.15. The van der Waals surface area contributed by atoms with E-state index in [-0.39, 0.29) is 18.1 Å². The van der Waals surface area contributed by atoms with E-state index in [1.165, 1.54) is 35.1 Å². The number of halogens is 1. The summed E-state index contributed by atoms with van der Waals surface area (Å²) in [5.74, 6) is -1.93. The molecule has 2 aromatic heterocycles. The molecule has 0 bridgehead atoms. The summed E-state index contributed by atoms with van der Waals surface area (Å²) in [5.41, 5.74) is 1.29. The zero-order valence-corrected chi connectivity index (χ0v) is 15.8. The Morgan fingerprint density at radius 1 is 1.31 bits per heavy atom. The molecule has 0 spiro atoms. The minimum atomic E-state index is -1.02. The van der Waals surface area contributed by atoms with Gasteiger partial charge in [-0.25, -0.2) is 4.39 Å². The number of fused-ring (bicyclic) bond motifs is 1. The van der Waals surface area contributed by atoms with Crippen molar-refractivity contribution in [2.75, 3.05) is 7.11 Å². The van der Waals surface area contributed by atoms with Crippen molar-refractivity contribution in [2.45, 2.75) is 27.2 Å². The van der Waals surface area contributed by atoms with E-state index < -0.39 is 11.8 Å². The molecule has 3 rings (SSSR count). The highest BCUT2D eigenvalue weighted by atomic mass is 32.1. The van der Waals surface area contributed by atoms with Gasteiger partial charge >= 0.3 is 5.97 Å². The lowest BCUT2D eigenvalue weighted by Gasteiger charge is -2.06. The van der Waals surface area contributed by atoms with Gasteiger partial charge in [-0.3, -0.25) is 14.2 Å². The summed E-state index contributed by atoms with van der Waals surface area (Å²) in [6, 6.07) is 6.07. The van der Waals surface area contributed by atoms with Crippen LogP contribution in [0.5, 0.6) is 5.75 Å². The molecule has 0 saturated carbocycles. The number of ether oxygens (including phenoxy) is 1. The van der Waals surface area contributed by atoms with Gasteiger partial charge in [-0.15, -0.1) is 11.3 Å². The molecule has 0 aliphatic carbocycles. The van der Waals surface area contributed by atoms with Gasteiger partial charge in [-0.2, -0.15) is 0 Å². The Balaban J connectivity index is 0.00000117. The third-order valence-electron chi connectivity index (χ3n) is 3.87. The third-order valence-corrected chi connectivity index (χ3v) is 4.73. The van der Waals surface area contributed by atoms with E-state index in [9.17, 15) is 14.0 Å². The second-order valence-corrected chi connectivity index (χ2v) is 6.20. The molecule has 26 heavy (non-hydrogen) atoms. The van der Waals surface area contributed by atoms with Crippen LogP contribution in [0.2, 0.25) is 0 Å². The Morgan fingerprint density at radius 2 is 2.00 bits per heavy atom. The lowest BCUT2D eigenvalue weighted by molar-refractivity contribution is -0.136. The van der Waals surface area contributed by atoms with Crippen LogP contribution in [0.3, 0.4) is 0 Å². The van der Waals surface area contributed by atoms with Gasteiger partial charge in [0.2, 0.25) is 0 Å². The highest BCUT2D eigenvalue weighted by Gasteiger charge is 2.23. The van der Waals surface area contributed by atoms with Gasteiger partial charge in [0.05, 0.1) is 23.9 Å². The maximum atomic E-state index is 14.1. The van der Waals surface area contributed by atoms with Gasteiger partial charge < -0.3 is 9.84 Å². The molecule has 5 nitrogen and oxygen atoms in total. The number of rotatable bonds is 4.